The molecule has 1 atom stereocenters. The van der Waals surface area contributed by atoms with Gasteiger partial charge in [-0.05, 0) is 36.1 Å². The molecule has 5 rings (SSSR count). The number of rotatable bonds is 5. The van der Waals surface area contributed by atoms with Crippen molar-refractivity contribution in [2.75, 3.05) is 40.0 Å². The number of ether oxygens (including phenoxy) is 3. The first-order chi connectivity index (χ1) is 16.0. The zero-order valence-corrected chi connectivity index (χ0v) is 19.0. The summed E-state index contributed by atoms with van der Waals surface area (Å²) in [4.78, 5) is 30.2. The first-order valence-electron chi connectivity index (χ1n) is 11.6. The van der Waals surface area contributed by atoms with E-state index in [-0.39, 0.29) is 12.0 Å². The van der Waals surface area contributed by atoms with E-state index in [1.165, 1.54) is 0 Å². The lowest BCUT2D eigenvalue weighted by Gasteiger charge is -2.39. The van der Waals surface area contributed by atoms with Crippen LogP contribution in [-0.4, -0.2) is 67.4 Å². The maximum Gasteiger partial charge on any atom is 0.410 e. The molecule has 7 heteroatoms. The van der Waals surface area contributed by atoms with Gasteiger partial charge in [-0.25, -0.2) is 4.79 Å². The molecule has 2 amide bonds. The Bertz CT molecular complexity index is 1000. The smallest absolute Gasteiger partial charge is 0.410 e. The summed E-state index contributed by atoms with van der Waals surface area (Å²) in [5.74, 6) is 0.871. The van der Waals surface area contributed by atoms with Crippen molar-refractivity contribution in [1.29, 1.82) is 0 Å². The second-order valence-corrected chi connectivity index (χ2v) is 9.29. The number of hydrogen-bond acceptors (Lipinski definition) is 5. The average Bonchev–Trinajstić information content (AvgIpc) is 3.41. The van der Waals surface area contributed by atoms with Gasteiger partial charge >= 0.3 is 6.09 Å². The Labute approximate surface area is 194 Å². The molecule has 2 aromatic carbocycles. The summed E-state index contributed by atoms with van der Waals surface area (Å²) in [7, 11) is 1.64. The fraction of sp³-hybridized carbons (Fsp3) is 0.462. The quantitative estimate of drug-likeness (QED) is 0.699. The number of carbonyl (C=O) groups is 2. The number of hydrogen-bond donors (Lipinski definition) is 0. The molecule has 3 fully saturated rings. The molecule has 1 spiro atoms. The lowest BCUT2D eigenvalue weighted by molar-refractivity contribution is -0.141. The molecule has 0 unspecified atom stereocenters. The number of amides is 2. The molecule has 3 aliphatic rings. The van der Waals surface area contributed by atoms with E-state index in [1.54, 1.807) is 12.0 Å². The molecule has 0 aromatic heterocycles. The highest BCUT2D eigenvalue weighted by Gasteiger charge is 2.53. The number of nitrogens with zero attached hydrogens (tertiary/aromatic N) is 2. The van der Waals surface area contributed by atoms with E-state index in [2.05, 4.69) is 0 Å². The normalized spacial score (nSPS) is 24.2. The van der Waals surface area contributed by atoms with E-state index in [9.17, 15) is 9.59 Å². The zero-order chi connectivity index (χ0) is 22.9. The highest BCUT2D eigenvalue weighted by molar-refractivity contribution is 5.89. The molecule has 0 bridgehead atoms. The molecule has 174 valence electrons. The first-order valence-corrected chi connectivity index (χ1v) is 11.6. The van der Waals surface area contributed by atoms with Crippen molar-refractivity contribution in [3.8, 4) is 5.75 Å². The van der Waals surface area contributed by atoms with Crippen molar-refractivity contribution in [1.82, 2.24) is 9.80 Å². The number of likely N-dealkylation sites (tertiary alicyclic amines) is 1. The first kappa shape index (κ1) is 21.8. The van der Waals surface area contributed by atoms with Crippen molar-refractivity contribution in [2.45, 2.75) is 36.8 Å². The van der Waals surface area contributed by atoms with Crippen LogP contribution < -0.4 is 4.74 Å². The summed E-state index contributed by atoms with van der Waals surface area (Å²) in [6.45, 7) is 3.14. The number of benzene rings is 2. The summed E-state index contributed by atoms with van der Waals surface area (Å²) in [5, 5.41) is 0. The lowest BCUT2D eigenvalue weighted by Crippen LogP contribution is -2.50. The van der Waals surface area contributed by atoms with Gasteiger partial charge in [0.2, 0.25) is 5.91 Å². The van der Waals surface area contributed by atoms with Gasteiger partial charge in [0.1, 0.15) is 5.75 Å². The van der Waals surface area contributed by atoms with Crippen LogP contribution >= 0.6 is 0 Å². The highest BCUT2D eigenvalue weighted by atomic mass is 16.6. The van der Waals surface area contributed by atoms with Crippen LogP contribution in [0.25, 0.3) is 0 Å². The minimum Gasteiger partial charge on any atom is -0.497 e. The predicted molar refractivity (Wildman–Crippen MR) is 122 cm³/mol. The van der Waals surface area contributed by atoms with Crippen molar-refractivity contribution >= 4 is 12.0 Å². The summed E-state index contributed by atoms with van der Waals surface area (Å²) in [6, 6.07) is 17.7. The molecule has 3 aliphatic heterocycles. The van der Waals surface area contributed by atoms with Gasteiger partial charge < -0.3 is 19.1 Å². The molecule has 7 nitrogen and oxygen atoms in total. The topological polar surface area (TPSA) is 68.3 Å². The Morgan fingerprint density at radius 1 is 1.00 bits per heavy atom. The molecule has 0 radical (unpaired) electrons. The summed E-state index contributed by atoms with van der Waals surface area (Å²) in [6.07, 6.45) is 1.64. The van der Waals surface area contributed by atoms with Crippen LogP contribution in [0.3, 0.4) is 0 Å². The Morgan fingerprint density at radius 2 is 1.73 bits per heavy atom. The maximum absolute atomic E-state index is 14.0. The highest BCUT2D eigenvalue weighted by Crippen LogP contribution is 2.41. The van der Waals surface area contributed by atoms with Crippen molar-refractivity contribution < 1.29 is 23.8 Å². The second kappa shape index (κ2) is 8.71. The van der Waals surface area contributed by atoms with Crippen LogP contribution in [0.15, 0.2) is 54.6 Å². The van der Waals surface area contributed by atoms with Crippen LogP contribution in [0.2, 0.25) is 0 Å². The van der Waals surface area contributed by atoms with Gasteiger partial charge in [-0.1, -0.05) is 42.5 Å². The second-order valence-electron chi connectivity index (χ2n) is 9.29. The van der Waals surface area contributed by atoms with Crippen LogP contribution in [0.4, 0.5) is 4.79 Å². The molecule has 2 aromatic rings. The minimum atomic E-state index is -0.631. The third kappa shape index (κ3) is 4.06. The molecule has 3 heterocycles. The Hall–Kier alpha value is -3.06. The Balaban J connectivity index is 1.33. The van der Waals surface area contributed by atoms with Gasteiger partial charge in [0.25, 0.3) is 0 Å². The van der Waals surface area contributed by atoms with E-state index in [1.807, 2.05) is 59.5 Å². The van der Waals surface area contributed by atoms with Crippen LogP contribution in [0, 0.1) is 0 Å². The standard InChI is InChI=1S/C26H30N2O5/c1-31-22-9-7-21(8-10-22)26(12-15-32-16-13-26)23(29)27-14-11-25(18-27)19-28(24(30)33-25)17-20-5-3-2-4-6-20/h2-10H,11-19H2,1H3/t25-/m0/s1. The van der Waals surface area contributed by atoms with Crippen molar-refractivity contribution in [3.63, 3.8) is 0 Å². The molecule has 33 heavy (non-hydrogen) atoms. The van der Waals surface area contributed by atoms with E-state index < -0.39 is 11.0 Å². The summed E-state index contributed by atoms with van der Waals surface area (Å²) < 4.78 is 16.8. The van der Waals surface area contributed by atoms with Crippen molar-refractivity contribution in [3.05, 3.63) is 65.7 Å². The Kier molecular flexibility index (Phi) is 5.74. The van der Waals surface area contributed by atoms with Gasteiger partial charge in [-0.15, -0.1) is 0 Å². The number of carbonyl (C=O) groups excluding carboxylic acids is 2. The summed E-state index contributed by atoms with van der Waals surface area (Å²) in [5.41, 5.74) is 0.806. The molecular weight excluding hydrogens is 420 g/mol. The van der Waals surface area contributed by atoms with E-state index >= 15 is 0 Å². The molecule has 3 saturated heterocycles. The monoisotopic (exact) mass is 450 g/mol. The van der Waals surface area contributed by atoms with Crippen LogP contribution in [0.1, 0.15) is 30.4 Å². The van der Waals surface area contributed by atoms with Gasteiger partial charge in [-0.3, -0.25) is 9.69 Å². The van der Waals surface area contributed by atoms with Gasteiger partial charge in [0.05, 0.1) is 25.6 Å². The van der Waals surface area contributed by atoms with Gasteiger partial charge in [0, 0.05) is 32.7 Å². The van der Waals surface area contributed by atoms with E-state index in [0.717, 1.165) is 16.9 Å². The predicted octanol–water partition coefficient (Wildman–Crippen LogP) is 3.37. The number of methoxy groups -OCH3 is 1. The van der Waals surface area contributed by atoms with Crippen molar-refractivity contribution in [2.24, 2.45) is 0 Å². The van der Waals surface area contributed by atoms with Crippen LogP contribution in [-0.2, 0) is 26.2 Å². The van der Waals surface area contributed by atoms with Crippen LogP contribution in [0.5, 0.6) is 5.75 Å². The van der Waals surface area contributed by atoms with Gasteiger partial charge in [-0.2, -0.15) is 0 Å². The molecular formula is C26H30N2O5. The van der Waals surface area contributed by atoms with E-state index in [0.29, 0.717) is 58.7 Å². The lowest BCUT2D eigenvalue weighted by atomic mass is 9.73. The van der Waals surface area contributed by atoms with Gasteiger partial charge in [0.15, 0.2) is 5.60 Å². The third-order valence-electron chi connectivity index (χ3n) is 7.26. The SMILES string of the molecule is COc1ccc(C2(C(=O)N3CC[C@@]4(CN(Cc5ccccc5)C(=O)O4)C3)CCOCC2)cc1. The Morgan fingerprint density at radius 3 is 2.42 bits per heavy atom. The summed E-state index contributed by atoms with van der Waals surface area (Å²) >= 11 is 0. The molecule has 0 saturated carbocycles. The van der Waals surface area contributed by atoms with E-state index in [4.69, 9.17) is 14.2 Å². The molecule has 0 N–H and O–H groups in total. The minimum absolute atomic E-state index is 0.102. The maximum atomic E-state index is 14.0. The largest absolute Gasteiger partial charge is 0.497 e. The fourth-order valence-electron chi connectivity index (χ4n) is 5.41. The third-order valence-corrected chi connectivity index (χ3v) is 7.26. The zero-order valence-electron chi connectivity index (χ0n) is 19.0. The average molecular weight is 451 g/mol. The fourth-order valence-corrected chi connectivity index (χ4v) is 5.41. The molecule has 0 aliphatic carbocycles.